The van der Waals surface area contributed by atoms with E-state index in [1.54, 1.807) is 0 Å². The van der Waals surface area contributed by atoms with E-state index in [-0.39, 0.29) is 23.3 Å². The minimum absolute atomic E-state index is 0.0382. The summed E-state index contributed by atoms with van der Waals surface area (Å²) in [5.74, 6) is -0.272. The lowest BCUT2D eigenvalue weighted by atomic mass is 9.92. The first-order chi connectivity index (χ1) is 10.2. The SMILES string of the molecule is CCC(C)(CCOC(C)(C)CCNC)N1C(=O)CC(C)C1=O. The molecule has 2 atom stereocenters. The Kier molecular flexibility index (Phi) is 6.56. The van der Waals surface area contributed by atoms with Gasteiger partial charge in [0.05, 0.1) is 5.60 Å². The molecule has 2 amide bonds. The molecule has 1 saturated heterocycles. The normalized spacial score (nSPS) is 22.3. The minimum Gasteiger partial charge on any atom is -0.375 e. The molecule has 1 aliphatic heterocycles. The summed E-state index contributed by atoms with van der Waals surface area (Å²) in [6.45, 7) is 11.4. The standard InChI is InChI=1S/C17H32N2O3/c1-7-17(5,19-14(20)12-13(2)15(19)21)9-11-22-16(3,4)8-10-18-6/h13,18H,7-12H2,1-6H3. The van der Waals surface area contributed by atoms with Gasteiger partial charge in [0.1, 0.15) is 0 Å². The van der Waals surface area contributed by atoms with E-state index in [9.17, 15) is 9.59 Å². The van der Waals surface area contributed by atoms with Crippen LogP contribution in [0.1, 0.15) is 60.3 Å². The van der Waals surface area contributed by atoms with Crippen LogP contribution in [0, 0.1) is 5.92 Å². The predicted octanol–water partition coefficient (Wildman–Crippen LogP) is 2.34. The molecule has 5 nitrogen and oxygen atoms in total. The fourth-order valence-electron chi connectivity index (χ4n) is 2.84. The van der Waals surface area contributed by atoms with E-state index < -0.39 is 5.54 Å². The molecule has 1 aliphatic rings. The lowest BCUT2D eigenvalue weighted by molar-refractivity contribution is -0.147. The highest BCUT2D eigenvalue weighted by Gasteiger charge is 2.45. The third-order valence-corrected chi connectivity index (χ3v) is 4.78. The Morgan fingerprint density at radius 1 is 1.27 bits per heavy atom. The van der Waals surface area contributed by atoms with Crippen molar-refractivity contribution < 1.29 is 14.3 Å². The Balaban J connectivity index is 2.64. The first-order valence-electron chi connectivity index (χ1n) is 8.32. The minimum atomic E-state index is -0.446. The number of hydrogen-bond acceptors (Lipinski definition) is 4. The highest BCUT2D eigenvalue weighted by Crippen LogP contribution is 2.32. The molecule has 0 spiro atoms. The van der Waals surface area contributed by atoms with E-state index >= 15 is 0 Å². The number of ether oxygens (including phenoxy) is 1. The number of amides is 2. The van der Waals surface area contributed by atoms with Crippen LogP contribution in [0.25, 0.3) is 0 Å². The largest absolute Gasteiger partial charge is 0.375 e. The van der Waals surface area contributed by atoms with E-state index in [1.165, 1.54) is 4.90 Å². The maximum Gasteiger partial charge on any atom is 0.233 e. The molecule has 0 radical (unpaired) electrons. The van der Waals surface area contributed by atoms with Crippen molar-refractivity contribution in [1.82, 2.24) is 10.2 Å². The monoisotopic (exact) mass is 312 g/mol. The molecule has 1 N–H and O–H groups in total. The topological polar surface area (TPSA) is 58.6 Å². The molecule has 128 valence electrons. The van der Waals surface area contributed by atoms with Gasteiger partial charge in [-0.15, -0.1) is 0 Å². The van der Waals surface area contributed by atoms with Crippen molar-refractivity contribution in [2.75, 3.05) is 20.2 Å². The molecule has 1 fully saturated rings. The Morgan fingerprint density at radius 2 is 1.91 bits per heavy atom. The number of likely N-dealkylation sites (tertiary alicyclic amines) is 1. The van der Waals surface area contributed by atoms with Gasteiger partial charge in [-0.2, -0.15) is 0 Å². The Bertz CT molecular complexity index is 409. The average Bonchev–Trinajstić information content (AvgIpc) is 2.70. The van der Waals surface area contributed by atoms with Crippen LogP contribution in [0.15, 0.2) is 0 Å². The summed E-state index contributed by atoms with van der Waals surface area (Å²) >= 11 is 0. The van der Waals surface area contributed by atoms with Crippen molar-refractivity contribution in [2.45, 2.75) is 71.4 Å². The molecule has 1 heterocycles. The molecule has 0 aliphatic carbocycles. The number of carbonyl (C=O) groups is 2. The number of rotatable bonds is 9. The molecule has 0 aromatic carbocycles. The number of imide groups is 1. The van der Waals surface area contributed by atoms with Gasteiger partial charge in [0.15, 0.2) is 0 Å². The molecule has 1 rings (SSSR count). The van der Waals surface area contributed by atoms with E-state index in [0.29, 0.717) is 19.4 Å². The molecule has 0 aromatic heterocycles. The smallest absolute Gasteiger partial charge is 0.233 e. The summed E-state index contributed by atoms with van der Waals surface area (Å²) in [5.41, 5.74) is -0.651. The van der Waals surface area contributed by atoms with Crippen molar-refractivity contribution in [2.24, 2.45) is 5.92 Å². The average molecular weight is 312 g/mol. The summed E-state index contributed by atoms with van der Waals surface area (Å²) in [7, 11) is 1.93. The van der Waals surface area contributed by atoms with E-state index in [1.807, 2.05) is 27.8 Å². The van der Waals surface area contributed by atoms with Gasteiger partial charge < -0.3 is 10.1 Å². The second-order valence-electron chi connectivity index (χ2n) is 7.23. The van der Waals surface area contributed by atoms with Crippen LogP contribution in [0.2, 0.25) is 0 Å². The van der Waals surface area contributed by atoms with Crippen molar-refractivity contribution in [3.05, 3.63) is 0 Å². The maximum atomic E-state index is 12.3. The Morgan fingerprint density at radius 3 is 2.36 bits per heavy atom. The van der Waals surface area contributed by atoms with Crippen molar-refractivity contribution in [3.8, 4) is 0 Å². The highest BCUT2D eigenvalue weighted by atomic mass is 16.5. The second kappa shape index (κ2) is 7.55. The number of nitrogens with one attached hydrogen (secondary N) is 1. The second-order valence-corrected chi connectivity index (χ2v) is 7.23. The zero-order valence-corrected chi connectivity index (χ0v) is 15.0. The van der Waals surface area contributed by atoms with Crippen LogP contribution in [0.3, 0.4) is 0 Å². The van der Waals surface area contributed by atoms with Gasteiger partial charge in [-0.3, -0.25) is 14.5 Å². The van der Waals surface area contributed by atoms with Crippen LogP contribution in [-0.2, 0) is 14.3 Å². The van der Waals surface area contributed by atoms with Gasteiger partial charge in [0.25, 0.3) is 0 Å². The third kappa shape index (κ3) is 4.53. The van der Waals surface area contributed by atoms with E-state index in [4.69, 9.17) is 4.74 Å². The number of hydrogen-bond donors (Lipinski definition) is 1. The van der Waals surface area contributed by atoms with Crippen LogP contribution < -0.4 is 5.32 Å². The van der Waals surface area contributed by atoms with Crippen LogP contribution in [0.4, 0.5) is 0 Å². The highest BCUT2D eigenvalue weighted by molar-refractivity contribution is 6.04. The van der Waals surface area contributed by atoms with Crippen LogP contribution >= 0.6 is 0 Å². The molecule has 0 aromatic rings. The molecule has 0 bridgehead atoms. The van der Waals surface area contributed by atoms with Crippen molar-refractivity contribution >= 4 is 11.8 Å². The van der Waals surface area contributed by atoms with Gasteiger partial charge in [0, 0.05) is 24.5 Å². The molecule has 22 heavy (non-hydrogen) atoms. The van der Waals surface area contributed by atoms with Crippen molar-refractivity contribution in [3.63, 3.8) is 0 Å². The molecular weight excluding hydrogens is 280 g/mol. The predicted molar refractivity (Wildman–Crippen MR) is 87.5 cm³/mol. The quantitative estimate of drug-likeness (QED) is 0.664. The number of carbonyl (C=O) groups excluding carboxylic acids is 2. The van der Waals surface area contributed by atoms with Gasteiger partial charge in [-0.05, 0) is 53.6 Å². The van der Waals surface area contributed by atoms with E-state index in [2.05, 4.69) is 19.2 Å². The Labute approximate surface area is 134 Å². The fourth-order valence-corrected chi connectivity index (χ4v) is 2.84. The zero-order valence-electron chi connectivity index (χ0n) is 15.0. The van der Waals surface area contributed by atoms with Crippen molar-refractivity contribution in [1.29, 1.82) is 0 Å². The van der Waals surface area contributed by atoms with Crippen LogP contribution in [-0.4, -0.2) is 48.1 Å². The van der Waals surface area contributed by atoms with Gasteiger partial charge >= 0.3 is 0 Å². The number of nitrogens with zero attached hydrogens (tertiary/aromatic N) is 1. The van der Waals surface area contributed by atoms with Gasteiger partial charge in [-0.25, -0.2) is 0 Å². The van der Waals surface area contributed by atoms with Crippen LogP contribution in [0.5, 0.6) is 0 Å². The Hall–Kier alpha value is -0.940. The van der Waals surface area contributed by atoms with Gasteiger partial charge in [-0.1, -0.05) is 13.8 Å². The molecule has 5 heteroatoms. The lowest BCUT2D eigenvalue weighted by Gasteiger charge is -2.38. The van der Waals surface area contributed by atoms with Gasteiger partial charge in [0.2, 0.25) is 11.8 Å². The maximum absolute atomic E-state index is 12.3. The fraction of sp³-hybridized carbons (Fsp3) is 0.882. The third-order valence-electron chi connectivity index (χ3n) is 4.78. The summed E-state index contributed by atoms with van der Waals surface area (Å²) < 4.78 is 6.00. The first kappa shape index (κ1) is 19.1. The summed E-state index contributed by atoms with van der Waals surface area (Å²) in [5, 5.41) is 3.13. The summed E-state index contributed by atoms with van der Waals surface area (Å²) in [6, 6.07) is 0. The lowest BCUT2D eigenvalue weighted by Crippen LogP contribution is -2.50. The van der Waals surface area contributed by atoms with E-state index in [0.717, 1.165) is 19.4 Å². The first-order valence-corrected chi connectivity index (χ1v) is 8.32. The summed E-state index contributed by atoms with van der Waals surface area (Å²) in [4.78, 5) is 25.9. The molecule has 2 unspecified atom stereocenters. The molecular formula is C17H32N2O3. The zero-order chi connectivity index (χ0) is 17.0. The summed E-state index contributed by atoms with van der Waals surface area (Å²) in [6.07, 6.45) is 2.68. The molecule has 0 saturated carbocycles.